The van der Waals surface area contributed by atoms with Gasteiger partial charge in [0.05, 0.1) is 29.6 Å². The molecule has 0 aliphatic rings. The van der Waals surface area contributed by atoms with Crippen molar-refractivity contribution >= 4 is 29.6 Å². The third kappa shape index (κ3) is 2.67. The van der Waals surface area contributed by atoms with Gasteiger partial charge in [0.1, 0.15) is 5.65 Å². The van der Waals surface area contributed by atoms with Gasteiger partial charge in [-0.15, -0.1) is 0 Å². The minimum absolute atomic E-state index is 0.330. The van der Waals surface area contributed by atoms with Crippen LogP contribution in [0.2, 0.25) is 0 Å². The minimum Gasteiger partial charge on any atom is -0.305 e. The Bertz CT molecular complexity index is 952. The summed E-state index contributed by atoms with van der Waals surface area (Å²) in [6, 6.07) is 6.04. The molecule has 24 heavy (non-hydrogen) atoms. The number of nitrogens with zero attached hydrogens (tertiary/aromatic N) is 2. The van der Waals surface area contributed by atoms with E-state index in [0.29, 0.717) is 18.5 Å². The lowest BCUT2D eigenvalue weighted by Crippen LogP contribution is -2.15. The molecule has 3 aromatic rings. The topological polar surface area (TPSA) is 52.8 Å². The Hall–Kier alpha value is -1.68. The highest BCUT2D eigenvalue weighted by Gasteiger charge is 2.30. The molecule has 0 atom stereocenters. The van der Waals surface area contributed by atoms with Gasteiger partial charge in [0.25, 0.3) is 0 Å². The van der Waals surface area contributed by atoms with Gasteiger partial charge in [-0.1, -0.05) is 0 Å². The van der Waals surface area contributed by atoms with Crippen LogP contribution >= 0.6 is 7.60 Å². The van der Waals surface area contributed by atoms with Crippen LogP contribution in [-0.4, -0.2) is 22.6 Å². The Labute approximate surface area is 142 Å². The number of rotatable bonds is 5. The lowest BCUT2D eigenvalue weighted by molar-refractivity contribution is 0.230. The van der Waals surface area contributed by atoms with Gasteiger partial charge in [-0.2, -0.15) is 0 Å². The summed E-state index contributed by atoms with van der Waals surface area (Å²) in [6.45, 7) is 10.4. The first kappa shape index (κ1) is 17.2. The molecular weight excluding hydrogens is 323 g/mol. The molecule has 0 saturated heterocycles. The maximum Gasteiger partial charge on any atom is 0.361 e. The second-order valence-corrected chi connectivity index (χ2v) is 7.88. The summed E-state index contributed by atoms with van der Waals surface area (Å²) in [7, 11) is -3.33. The lowest BCUT2D eigenvalue weighted by atomic mass is 10.1. The molecule has 0 N–H and O–H groups in total. The molecular formula is C18H23N2O3P. The number of hydrogen-bond donors (Lipinski definition) is 0. The van der Waals surface area contributed by atoms with Crippen molar-refractivity contribution in [3.8, 4) is 0 Å². The summed E-state index contributed by atoms with van der Waals surface area (Å²) < 4.78 is 26.1. The minimum atomic E-state index is -3.33. The Morgan fingerprint density at radius 3 is 2.33 bits per heavy atom. The van der Waals surface area contributed by atoms with Crippen LogP contribution in [0, 0.1) is 20.8 Å². The Morgan fingerprint density at radius 2 is 1.71 bits per heavy atom. The van der Waals surface area contributed by atoms with E-state index < -0.39 is 7.60 Å². The van der Waals surface area contributed by atoms with Gasteiger partial charge < -0.3 is 9.05 Å². The van der Waals surface area contributed by atoms with Crippen molar-refractivity contribution in [2.24, 2.45) is 0 Å². The predicted molar refractivity (Wildman–Crippen MR) is 97.4 cm³/mol. The zero-order valence-corrected chi connectivity index (χ0v) is 15.7. The van der Waals surface area contributed by atoms with Crippen molar-refractivity contribution in [3.05, 3.63) is 41.1 Å². The molecule has 0 spiro atoms. The van der Waals surface area contributed by atoms with E-state index in [2.05, 4.69) is 26.0 Å². The standard InChI is InChI=1S/C18H23N2O3P/c1-6-22-24(21,23-7-2)17-8-9-20-16-11-13(4)12(3)10-15(16)19-18(20)14(17)5/h8-11H,6-7H2,1-5H3. The Morgan fingerprint density at radius 1 is 1.08 bits per heavy atom. The van der Waals surface area contributed by atoms with Gasteiger partial charge in [0.2, 0.25) is 0 Å². The summed E-state index contributed by atoms with van der Waals surface area (Å²) in [5, 5.41) is 0.586. The van der Waals surface area contributed by atoms with E-state index in [1.165, 1.54) is 11.1 Å². The molecule has 0 saturated carbocycles. The van der Waals surface area contributed by atoms with Crippen molar-refractivity contribution in [2.45, 2.75) is 34.6 Å². The summed E-state index contributed by atoms with van der Waals surface area (Å²) in [5.74, 6) is 0. The molecule has 0 amide bonds. The van der Waals surface area contributed by atoms with E-state index in [-0.39, 0.29) is 0 Å². The molecule has 0 radical (unpaired) electrons. The largest absolute Gasteiger partial charge is 0.361 e. The number of aryl methyl sites for hydroxylation is 3. The van der Waals surface area contributed by atoms with E-state index in [1.54, 1.807) is 0 Å². The summed E-state index contributed by atoms with van der Waals surface area (Å²) >= 11 is 0. The van der Waals surface area contributed by atoms with E-state index in [9.17, 15) is 4.57 Å². The second-order valence-electron chi connectivity index (χ2n) is 5.89. The first-order chi connectivity index (χ1) is 11.4. The lowest BCUT2D eigenvalue weighted by Gasteiger charge is -2.19. The zero-order chi connectivity index (χ0) is 17.5. The van der Waals surface area contributed by atoms with Crippen LogP contribution in [-0.2, 0) is 13.6 Å². The van der Waals surface area contributed by atoms with Crippen LogP contribution in [0.4, 0.5) is 0 Å². The molecule has 128 valence electrons. The molecule has 0 aliphatic heterocycles. The van der Waals surface area contributed by atoms with Crippen LogP contribution in [0.5, 0.6) is 0 Å². The van der Waals surface area contributed by atoms with Crippen LogP contribution in [0.25, 0.3) is 16.7 Å². The number of hydrogen-bond acceptors (Lipinski definition) is 4. The van der Waals surface area contributed by atoms with Crippen molar-refractivity contribution in [3.63, 3.8) is 0 Å². The van der Waals surface area contributed by atoms with Crippen LogP contribution < -0.4 is 5.30 Å². The summed E-state index contributed by atoms with van der Waals surface area (Å²) in [6.07, 6.45) is 1.90. The smallest absolute Gasteiger partial charge is 0.305 e. The van der Waals surface area contributed by atoms with Crippen molar-refractivity contribution in [1.82, 2.24) is 9.38 Å². The molecule has 0 fully saturated rings. The fourth-order valence-electron chi connectivity index (χ4n) is 2.96. The molecule has 1 aromatic carbocycles. The number of fused-ring (bicyclic) bond motifs is 3. The van der Waals surface area contributed by atoms with E-state index in [0.717, 1.165) is 22.2 Å². The van der Waals surface area contributed by atoms with Gasteiger partial charge in [0.15, 0.2) is 0 Å². The quantitative estimate of drug-likeness (QED) is 0.646. The first-order valence-corrected chi connectivity index (χ1v) is 9.73. The predicted octanol–water partition coefficient (Wildman–Crippen LogP) is 4.30. The van der Waals surface area contributed by atoms with Gasteiger partial charge in [0, 0.05) is 11.8 Å². The van der Waals surface area contributed by atoms with Gasteiger partial charge in [-0.05, 0) is 63.9 Å². The first-order valence-electron chi connectivity index (χ1n) is 8.19. The zero-order valence-electron chi connectivity index (χ0n) is 14.8. The maximum absolute atomic E-state index is 13.1. The third-order valence-electron chi connectivity index (χ3n) is 4.30. The maximum atomic E-state index is 13.1. The molecule has 2 aromatic heterocycles. The fraction of sp³-hybridized carbons (Fsp3) is 0.389. The molecule has 5 nitrogen and oxygen atoms in total. The number of aromatic nitrogens is 2. The molecule has 6 heteroatoms. The van der Waals surface area contributed by atoms with Crippen molar-refractivity contribution in [1.29, 1.82) is 0 Å². The van der Waals surface area contributed by atoms with Crippen LogP contribution in [0.15, 0.2) is 24.4 Å². The van der Waals surface area contributed by atoms with E-state index in [1.807, 2.05) is 37.4 Å². The summed E-state index contributed by atoms with van der Waals surface area (Å²) in [4.78, 5) is 4.74. The molecule has 0 aliphatic carbocycles. The fourth-order valence-corrected chi connectivity index (χ4v) is 4.76. The highest BCUT2D eigenvalue weighted by atomic mass is 31.2. The second kappa shape index (κ2) is 6.32. The Kier molecular flexibility index (Phi) is 4.52. The number of pyridine rings is 1. The van der Waals surface area contributed by atoms with E-state index in [4.69, 9.17) is 14.0 Å². The summed E-state index contributed by atoms with van der Waals surface area (Å²) in [5.41, 5.74) is 6.02. The normalized spacial score (nSPS) is 12.4. The average Bonchev–Trinajstić information content (AvgIpc) is 2.87. The third-order valence-corrected chi connectivity index (χ3v) is 6.57. The molecule has 0 unspecified atom stereocenters. The highest BCUT2D eigenvalue weighted by molar-refractivity contribution is 7.62. The molecule has 2 heterocycles. The van der Waals surface area contributed by atoms with Crippen LogP contribution in [0.3, 0.4) is 0 Å². The van der Waals surface area contributed by atoms with Crippen molar-refractivity contribution in [2.75, 3.05) is 13.2 Å². The van der Waals surface area contributed by atoms with Gasteiger partial charge in [-0.3, -0.25) is 8.97 Å². The molecule has 3 rings (SSSR count). The molecule has 0 bridgehead atoms. The van der Waals surface area contributed by atoms with E-state index >= 15 is 0 Å². The monoisotopic (exact) mass is 346 g/mol. The SMILES string of the molecule is CCOP(=O)(OCC)c1ccn2c(nc3cc(C)c(C)cc32)c1C. The Balaban J connectivity index is 2.28. The number of benzene rings is 1. The highest BCUT2D eigenvalue weighted by Crippen LogP contribution is 2.48. The van der Waals surface area contributed by atoms with Gasteiger partial charge in [-0.25, -0.2) is 4.98 Å². The number of imidazole rings is 1. The van der Waals surface area contributed by atoms with Gasteiger partial charge >= 0.3 is 7.60 Å². The van der Waals surface area contributed by atoms with Crippen molar-refractivity contribution < 1.29 is 13.6 Å². The van der Waals surface area contributed by atoms with Crippen LogP contribution in [0.1, 0.15) is 30.5 Å². The average molecular weight is 346 g/mol.